The van der Waals surface area contributed by atoms with Gasteiger partial charge in [0.2, 0.25) is 0 Å². The predicted octanol–water partition coefficient (Wildman–Crippen LogP) is 1.47. The summed E-state index contributed by atoms with van der Waals surface area (Å²) in [6, 6.07) is 32.3. The molecule has 8 aromatic rings. The number of phenolic OH excluding ortho intramolecular Hbond substituents is 2. The second-order valence-electron chi connectivity index (χ2n) is 14.3. The molecule has 14 heteroatoms. The molecule has 0 aliphatic carbocycles. The molecule has 0 aliphatic heterocycles. The molecule has 1 atom stereocenters. The molecule has 4 nitrogen and oxygen atoms in total. The first-order valence-corrected chi connectivity index (χ1v) is 17.6. The number of nitrogens with zero attached hydrogens (tertiary/aromatic N) is 2. The van der Waals surface area contributed by atoms with Crippen LogP contribution in [0.3, 0.4) is 0 Å². The van der Waals surface area contributed by atoms with Crippen LogP contribution in [0.4, 0.5) is 0 Å². The molecule has 242 valence electrons. The Morgan fingerprint density at radius 1 is 0.500 bits per heavy atom. The summed E-state index contributed by atoms with van der Waals surface area (Å²) in [7, 11) is 65.5. The number of para-hydroxylation sites is 2. The summed E-state index contributed by atoms with van der Waals surface area (Å²) >= 11 is 0. The molecule has 0 bridgehead atoms. The maximum atomic E-state index is 11.2. The van der Waals surface area contributed by atoms with E-state index >= 15 is 0 Å². The number of hydrogen-bond acceptors (Lipinski definition) is 3. The average molecular weight is 695 g/mol. The molecule has 56 heavy (non-hydrogen) atoms. The molecule has 0 saturated carbocycles. The van der Waals surface area contributed by atoms with Gasteiger partial charge in [0.05, 0.1) is 42.4 Å². The molecule has 0 fully saturated rings. The molecular formula is C42H22B10N2O2. The van der Waals surface area contributed by atoms with Gasteiger partial charge in [-0.05, 0) is 101 Å². The fraction of sp³-hybridized carbons (Fsp3) is 0.0714. The number of benzene rings is 7. The summed E-state index contributed by atoms with van der Waals surface area (Å²) in [6.07, 6.45) is 0. The van der Waals surface area contributed by atoms with Crippen molar-refractivity contribution in [1.82, 2.24) is 9.55 Å². The van der Waals surface area contributed by atoms with Crippen molar-refractivity contribution in [2.24, 2.45) is 0 Å². The Balaban J connectivity index is 1.44. The maximum absolute atomic E-state index is 11.2. The van der Waals surface area contributed by atoms with Gasteiger partial charge in [-0.3, -0.25) is 4.57 Å². The lowest BCUT2D eigenvalue weighted by Crippen LogP contribution is -2.48. The van der Waals surface area contributed by atoms with Crippen LogP contribution in [0.1, 0.15) is 12.7 Å². The third-order valence-corrected chi connectivity index (χ3v) is 10.8. The molecule has 1 unspecified atom stereocenters. The molecule has 2 N–H and O–H groups in total. The fourth-order valence-corrected chi connectivity index (χ4v) is 7.57. The lowest BCUT2D eigenvalue weighted by atomic mass is 9.28. The molecule has 8 rings (SSSR count). The Kier molecular flexibility index (Phi) is 9.06. The highest BCUT2D eigenvalue weighted by molar-refractivity contribution is 6.68. The Labute approximate surface area is 339 Å². The molecule has 0 saturated heterocycles. The maximum Gasteiger partial charge on any atom is 0.150 e. The first kappa shape index (κ1) is 37.7. The van der Waals surface area contributed by atoms with E-state index in [1.807, 2.05) is 108 Å². The molecule has 20 radical (unpaired) electrons. The Morgan fingerprint density at radius 2 is 0.964 bits per heavy atom. The minimum Gasteiger partial charge on any atom is -0.505 e. The SMILES string of the molecule is [B]c1c([B])c([B])c2c(-c3cccc(-c4cccc(-n5c(C([B])(C)C([B])([B])[B])nc6ccccc65)c4)c3)c3c([B])c(O)c(O)c([B])c3c(-c3ccccc3)c2c1[B]. The topological polar surface area (TPSA) is 58.3 Å². The van der Waals surface area contributed by atoms with Gasteiger partial charge in [-0.15, -0.1) is 16.0 Å². The highest BCUT2D eigenvalue weighted by Gasteiger charge is 2.37. The van der Waals surface area contributed by atoms with Crippen molar-refractivity contribution in [2.45, 2.75) is 17.4 Å². The van der Waals surface area contributed by atoms with Crippen molar-refractivity contribution >= 4 is 144 Å². The van der Waals surface area contributed by atoms with Crippen LogP contribution in [0.5, 0.6) is 11.5 Å². The van der Waals surface area contributed by atoms with E-state index < -0.39 is 21.9 Å². The van der Waals surface area contributed by atoms with Gasteiger partial charge in [-0.2, -0.15) is 0 Å². The summed E-state index contributed by atoms with van der Waals surface area (Å²) in [4.78, 5) is 4.82. The van der Waals surface area contributed by atoms with Crippen molar-refractivity contribution < 1.29 is 10.2 Å². The number of rotatable bonds is 6. The van der Waals surface area contributed by atoms with Crippen molar-refractivity contribution in [3.63, 3.8) is 0 Å². The van der Waals surface area contributed by atoms with E-state index in [0.717, 1.165) is 22.3 Å². The van der Waals surface area contributed by atoms with Gasteiger partial charge >= 0.3 is 0 Å². The van der Waals surface area contributed by atoms with E-state index in [4.69, 9.17) is 83.4 Å². The van der Waals surface area contributed by atoms with Gasteiger partial charge in [0.15, 0.2) is 0 Å². The molecular weight excluding hydrogens is 673 g/mol. The number of aromatic nitrogens is 2. The van der Waals surface area contributed by atoms with Crippen LogP contribution < -0.4 is 32.8 Å². The van der Waals surface area contributed by atoms with E-state index in [1.54, 1.807) is 6.92 Å². The number of fused-ring (bicyclic) bond motifs is 3. The van der Waals surface area contributed by atoms with E-state index in [2.05, 4.69) is 0 Å². The number of imidazole rings is 1. The Bertz CT molecular complexity index is 2840. The minimum atomic E-state index is -1.81. The molecule has 0 aliphatic rings. The van der Waals surface area contributed by atoms with Crippen LogP contribution >= 0.6 is 0 Å². The summed E-state index contributed by atoms with van der Waals surface area (Å²) in [6.45, 7) is 1.64. The van der Waals surface area contributed by atoms with E-state index in [0.29, 0.717) is 55.1 Å². The summed E-state index contributed by atoms with van der Waals surface area (Å²) in [5, 5.41) is 20.6. The zero-order chi connectivity index (χ0) is 40.0. The standard InChI is InChI=1S/C42H22B10N2O2/c1-41(49,42(50,51)52)40-53-24-15-5-6-16-25(24)54(40)23-14-8-12-21(18-23)20-11-7-13-22(17-20)27-29-28(32(43)36(47)37(48)33(29)44)26(19-9-3-2-4-10-19)30-31(27)35(46)39(56)38(55)34(30)45/h2-18,55-56H,1H3. The normalized spacial score (nSPS) is 13.0. The van der Waals surface area contributed by atoms with Crippen molar-refractivity contribution in [3.05, 3.63) is 109 Å². The monoisotopic (exact) mass is 696 g/mol. The van der Waals surface area contributed by atoms with Crippen molar-refractivity contribution in [1.29, 1.82) is 0 Å². The highest BCUT2D eigenvalue weighted by atomic mass is 16.3. The molecule has 1 heterocycles. The molecule has 0 amide bonds. The van der Waals surface area contributed by atoms with Crippen LogP contribution in [0.2, 0.25) is 5.11 Å². The van der Waals surface area contributed by atoms with E-state index in [9.17, 15) is 10.2 Å². The van der Waals surface area contributed by atoms with Gasteiger partial charge in [0, 0.05) is 5.69 Å². The van der Waals surface area contributed by atoms with Gasteiger partial charge in [-0.25, -0.2) is 4.98 Å². The fourth-order valence-electron chi connectivity index (χ4n) is 7.57. The zero-order valence-corrected chi connectivity index (χ0v) is 30.4. The van der Waals surface area contributed by atoms with Crippen molar-refractivity contribution in [3.8, 4) is 50.6 Å². The third-order valence-electron chi connectivity index (χ3n) is 10.8. The molecule has 0 spiro atoms. The predicted molar refractivity (Wildman–Crippen MR) is 241 cm³/mol. The molecule has 1 aromatic heterocycles. The first-order chi connectivity index (χ1) is 26.5. The van der Waals surface area contributed by atoms with Crippen LogP contribution in [0.25, 0.3) is 71.6 Å². The lowest BCUT2D eigenvalue weighted by molar-refractivity contribution is 0.410. The number of phenols is 2. The van der Waals surface area contributed by atoms with E-state index in [1.165, 1.54) is 0 Å². The van der Waals surface area contributed by atoms with Crippen LogP contribution in [0, 0.1) is 0 Å². The zero-order valence-electron chi connectivity index (χ0n) is 30.4. The van der Waals surface area contributed by atoms with Crippen molar-refractivity contribution in [2.75, 3.05) is 0 Å². The van der Waals surface area contributed by atoms with Gasteiger partial charge < -0.3 is 10.2 Å². The number of aromatic hydroxyl groups is 2. The summed E-state index contributed by atoms with van der Waals surface area (Å²) in [5.41, 5.74) is 6.29. The molecule has 7 aromatic carbocycles. The summed E-state index contributed by atoms with van der Waals surface area (Å²) in [5.74, 6) is -0.788. The van der Waals surface area contributed by atoms with E-state index in [-0.39, 0.29) is 32.8 Å². The van der Waals surface area contributed by atoms with Crippen LogP contribution in [-0.4, -0.2) is 98.2 Å². The Hall–Kier alpha value is -5.22. The average Bonchev–Trinajstić information content (AvgIpc) is 3.60. The quantitative estimate of drug-likeness (QED) is 0.158. The smallest absolute Gasteiger partial charge is 0.150 e. The third kappa shape index (κ3) is 5.62. The Morgan fingerprint density at radius 3 is 1.55 bits per heavy atom. The van der Waals surface area contributed by atoms with Gasteiger partial charge in [0.25, 0.3) is 0 Å². The van der Waals surface area contributed by atoms with Crippen LogP contribution in [-0.2, 0) is 5.31 Å². The second kappa shape index (κ2) is 13.5. The first-order valence-electron chi connectivity index (χ1n) is 17.6. The van der Waals surface area contributed by atoms with Crippen LogP contribution in [0.15, 0.2) is 103 Å². The number of hydrogen-bond donors (Lipinski definition) is 2. The van der Waals surface area contributed by atoms with Gasteiger partial charge in [0.1, 0.15) is 64.4 Å². The summed E-state index contributed by atoms with van der Waals surface area (Å²) < 4.78 is 1.89. The second-order valence-corrected chi connectivity index (χ2v) is 14.3. The minimum absolute atomic E-state index is 0.0831. The largest absolute Gasteiger partial charge is 0.505 e. The lowest BCUT2D eigenvalue weighted by Gasteiger charge is -2.40. The van der Waals surface area contributed by atoms with Gasteiger partial charge in [-0.1, -0.05) is 90.6 Å². The highest BCUT2D eigenvalue weighted by Crippen LogP contribution is 2.44.